The van der Waals surface area contributed by atoms with Crippen LogP contribution in [0.1, 0.15) is 37.0 Å². The molecular formula is C25H32ClNO4. The van der Waals surface area contributed by atoms with Crippen LogP contribution in [0.2, 0.25) is 0 Å². The summed E-state index contributed by atoms with van der Waals surface area (Å²) < 4.78 is 12.0. The predicted octanol–water partition coefficient (Wildman–Crippen LogP) is 5.36. The first-order valence-electron chi connectivity index (χ1n) is 10.9. The number of piperidine rings is 1. The summed E-state index contributed by atoms with van der Waals surface area (Å²) in [5.41, 5.74) is 2.49. The number of hydrogen-bond donors (Lipinski definition) is 0. The Morgan fingerprint density at radius 2 is 1.81 bits per heavy atom. The topological polar surface area (TPSA) is 40.2 Å². The first kappa shape index (κ1) is 23.5. The van der Waals surface area contributed by atoms with E-state index >= 15 is 0 Å². The molecule has 2 aliphatic rings. The number of nitrogens with zero attached hydrogens (tertiary/aromatic N) is 1. The van der Waals surface area contributed by atoms with Crippen molar-refractivity contribution in [3.8, 4) is 11.5 Å². The molecule has 0 radical (unpaired) electrons. The Balaban J connectivity index is 0.00000272. The van der Waals surface area contributed by atoms with Crippen molar-refractivity contribution in [1.82, 2.24) is 4.90 Å². The molecule has 0 bridgehead atoms. The van der Waals surface area contributed by atoms with Crippen LogP contribution in [0, 0.1) is 5.92 Å². The highest BCUT2D eigenvalue weighted by atomic mass is 35.5. The molecule has 2 heterocycles. The molecule has 0 N–H and O–H groups in total. The SMILES string of the molecule is C=COOC(c1ccc(CC)cc1)C1CCN(CC2COc3ccccc3O2)CC1.Cl. The van der Waals surface area contributed by atoms with Crippen molar-refractivity contribution >= 4 is 12.4 Å². The molecule has 2 unspecified atom stereocenters. The minimum atomic E-state index is -0.0859. The third kappa shape index (κ3) is 5.94. The van der Waals surface area contributed by atoms with Gasteiger partial charge in [0.1, 0.15) is 25.1 Å². The number of halogens is 1. The van der Waals surface area contributed by atoms with E-state index in [2.05, 4.69) is 42.7 Å². The standard InChI is InChI=1S/C25H31NO4.ClH/c1-3-19-9-11-20(12-10-19)25(30-28-4-2)21-13-15-26(16-14-21)17-22-18-27-23-7-5-6-8-24(23)29-22;/h4-12,21-22,25H,2-3,13-18H2,1H3;1H. The van der Waals surface area contributed by atoms with E-state index in [-0.39, 0.29) is 24.6 Å². The monoisotopic (exact) mass is 445 g/mol. The largest absolute Gasteiger partial charge is 0.486 e. The Bertz CT molecular complexity index is 821. The first-order valence-corrected chi connectivity index (χ1v) is 10.9. The Kier molecular flexibility index (Phi) is 8.64. The van der Waals surface area contributed by atoms with Gasteiger partial charge in [-0.3, -0.25) is 4.90 Å². The van der Waals surface area contributed by atoms with Gasteiger partial charge in [-0.15, -0.1) is 12.4 Å². The lowest BCUT2D eigenvalue weighted by atomic mass is 9.87. The summed E-state index contributed by atoms with van der Waals surface area (Å²) in [6.07, 6.45) is 4.45. The number of rotatable bonds is 8. The summed E-state index contributed by atoms with van der Waals surface area (Å²) in [5.74, 6) is 2.08. The van der Waals surface area contributed by atoms with Crippen LogP contribution in [0.5, 0.6) is 11.5 Å². The molecule has 1 saturated heterocycles. The Morgan fingerprint density at radius 1 is 1.10 bits per heavy atom. The van der Waals surface area contributed by atoms with E-state index in [0.29, 0.717) is 12.5 Å². The van der Waals surface area contributed by atoms with Crippen LogP contribution in [-0.2, 0) is 16.2 Å². The predicted molar refractivity (Wildman–Crippen MR) is 124 cm³/mol. The molecule has 5 nitrogen and oxygen atoms in total. The molecule has 0 saturated carbocycles. The maximum atomic E-state index is 6.13. The molecule has 6 heteroatoms. The minimum absolute atomic E-state index is 0. The number of fused-ring (bicyclic) bond motifs is 1. The lowest BCUT2D eigenvalue weighted by Crippen LogP contribution is -2.44. The number of aryl methyl sites for hydroxylation is 1. The van der Waals surface area contributed by atoms with Crippen molar-refractivity contribution < 1.29 is 19.2 Å². The zero-order valence-corrected chi connectivity index (χ0v) is 18.9. The van der Waals surface area contributed by atoms with Gasteiger partial charge >= 0.3 is 0 Å². The number of ether oxygens (including phenoxy) is 2. The van der Waals surface area contributed by atoms with Crippen LogP contribution in [0.25, 0.3) is 0 Å². The van der Waals surface area contributed by atoms with Crippen LogP contribution < -0.4 is 9.47 Å². The zero-order valence-electron chi connectivity index (χ0n) is 18.1. The van der Waals surface area contributed by atoms with Crippen LogP contribution in [0.4, 0.5) is 0 Å². The number of benzene rings is 2. The quantitative estimate of drug-likeness (QED) is 0.311. The third-order valence-corrected chi connectivity index (χ3v) is 6.03. The van der Waals surface area contributed by atoms with Gasteiger partial charge < -0.3 is 14.4 Å². The zero-order chi connectivity index (χ0) is 20.8. The van der Waals surface area contributed by atoms with Gasteiger partial charge in [-0.1, -0.05) is 49.9 Å². The van der Waals surface area contributed by atoms with Gasteiger partial charge in [0, 0.05) is 6.54 Å². The van der Waals surface area contributed by atoms with Crippen LogP contribution in [0.3, 0.4) is 0 Å². The number of likely N-dealkylation sites (tertiary alicyclic amines) is 1. The van der Waals surface area contributed by atoms with E-state index < -0.39 is 0 Å². The summed E-state index contributed by atoms with van der Waals surface area (Å²) in [6.45, 7) is 9.26. The van der Waals surface area contributed by atoms with Gasteiger partial charge in [-0.2, -0.15) is 4.89 Å². The molecule has 2 aromatic carbocycles. The average Bonchev–Trinajstić information content (AvgIpc) is 2.80. The molecule has 0 spiro atoms. The molecule has 4 rings (SSSR count). The molecule has 0 aromatic heterocycles. The van der Waals surface area contributed by atoms with Gasteiger partial charge in [0.2, 0.25) is 0 Å². The first-order chi connectivity index (χ1) is 14.8. The molecule has 0 aliphatic carbocycles. The van der Waals surface area contributed by atoms with Gasteiger partial charge in [0.05, 0.1) is 0 Å². The maximum absolute atomic E-state index is 6.13. The van der Waals surface area contributed by atoms with E-state index in [1.54, 1.807) is 0 Å². The van der Waals surface area contributed by atoms with Crippen molar-refractivity contribution in [1.29, 1.82) is 0 Å². The molecule has 2 aromatic rings. The fraction of sp³-hybridized carbons (Fsp3) is 0.440. The smallest absolute Gasteiger partial charge is 0.161 e. The molecular weight excluding hydrogens is 414 g/mol. The average molecular weight is 446 g/mol. The Morgan fingerprint density at radius 3 is 2.48 bits per heavy atom. The van der Waals surface area contributed by atoms with Gasteiger partial charge in [-0.25, -0.2) is 0 Å². The van der Waals surface area contributed by atoms with Gasteiger partial charge in [0.15, 0.2) is 11.5 Å². The fourth-order valence-corrected chi connectivity index (χ4v) is 4.33. The van der Waals surface area contributed by atoms with Gasteiger partial charge in [0.25, 0.3) is 0 Å². The van der Waals surface area contributed by atoms with E-state index in [1.165, 1.54) is 11.8 Å². The second kappa shape index (κ2) is 11.4. The normalized spacial score (nSPS) is 19.8. The fourth-order valence-electron chi connectivity index (χ4n) is 4.33. The molecule has 0 amide bonds. The Labute approximate surface area is 191 Å². The van der Waals surface area contributed by atoms with Crippen molar-refractivity contribution in [3.63, 3.8) is 0 Å². The van der Waals surface area contributed by atoms with Crippen molar-refractivity contribution in [2.24, 2.45) is 5.92 Å². The molecule has 31 heavy (non-hydrogen) atoms. The van der Waals surface area contributed by atoms with Crippen LogP contribution in [-0.4, -0.2) is 37.2 Å². The highest BCUT2D eigenvalue weighted by Crippen LogP contribution is 2.35. The second-order valence-electron chi connectivity index (χ2n) is 8.01. The number of para-hydroxylation sites is 2. The molecule has 1 fully saturated rings. The maximum Gasteiger partial charge on any atom is 0.161 e. The van der Waals surface area contributed by atoms with Crippen molar-refractivity contribution in [2.75, 3.05) is 26.2 Å². The lowest BCUT2D eigenvalue weighted by molar-refractivity contribution is -0.300. The van der Waals surface area contributed by atoms with E-state index in [9.17, 15) is 0 Å². The minimum Gasteiger partial charge on any atom is -0.486 e. The van der Waals surface area contributed by atoms with Crippen LogP contribution in [0.15, 0.2) is 61.4 Å². The summed E-state index contributed by atoms with van der Waals surface area (Å²) >= 11 is 0. The van der Waals surface area contributed by atoms with Crippen LogP contribution >= 0.6 is 12.4 Å². The third-order valence-electron chi connectivity index (χ3n) is 6.03. The van der Waals surface area contributed by atoms with Crippen molar-refractivity contribution in [3.05, 3.63) is 72.5 Å². The van der Waals surface area contributed by atoms with E-state index in [1.807, 2.05) is 24.3 Å². The number of hydrogen-bond acceptors (Lipinski definition) is 5. The highest BCUT2D eigenvalue weighted by molar-refractivity contribution is 5.85. The summed E-state index contributed by atoms with van der Waals surface area (Å²) in [4.78, 5) is 13.4. The molecule has 2 aliphatic heterocycles. The Hall–Kier alpha value is -2.21. The van der Waals surface area contributed by atoms with Gasteiger partial charge in [-0.05, 0) is 61.5 Å². The second-order valence-corrected chi connectivity index (χ2v) is 8.01. The molecule has 168 valence electrons. The molecule has 2 atom stereocenters. The van der Waals surface area contributed by atoms with E-state index in [0.717, 1.165) is 56.0 Å². The summed E-state index contributed by atoms with van der Waals surface area (Å²) in [7, 11) is 0. The summed E-state index contributed by atoms with van der Waals surface area (Å²) in [5, 5.41) is 0. The highest BCUT2D eigenvalue weighted by Gasteiger charge is 2.31. The lowest BCUT2D eigenvalue weighted by Gasteiger charge is -2.37. The van der Waals surface area contributed by atoms with E-state index in [4.69, 9.17) is 19.2 Å². The van der Waals surface area contributed by atoms with Crippen molar-refractivity contribution in [2.45, 2.75) is 38.4 Å². The summed E-state index contributed by atoms with van der Waals surface area (Å²) in [6, 6.07) is 16.5.